The molecule has 0 bridgehead atoms. The Morgan fingerprint density at radius 3 is 2.79 bits per heavy atom. The van der Waals surface area contributed by atoms with Gasteiger partial charge in [0.25, 0.3) is 0 Å². The molecule has 0 aromatic heterocycles. The van der Waals surface area contributed by atoms with Gasteiger partial charge < -0.3 is 9.47 Å². The van der Waals surface area contributed by atoms with Crippen LogP contribution in [0, 0.1) is 5.92 Å². The van der Waals surface area contributed by atoms with Crippen molar-refractivity contribution in [1.29, 1.82) is 0 Å². The zero-order chi connectivity index (χ0) is 9.97. The smallest absolute Gasteiger partial charge is 0.161 e. The Bertz CT molecular complexity index is 309. The lowest BCUT2D eigenvalue weighted by atomic mass is 10.0. The molecule has 1 aliphatic heterocycles. The maximum Gasteiger partial charge on any atom is 0.161 e. The van der Waals surface area contributed by atoms with E-state index >= 15 is 0 Å². The summed E-state index contributed by atoms with van der Waals surface area (Å²) in [5.41, 5.74) is 0. The predicted molar refractivity (Wildman–Crippen MR) is 55.8 cm³/mol. The van der Waals surface area contributed by atoms with Crippen molar-refractivity contribution < 1.29 is 9.47 Å². The van der Waals surface area contributed by atoms with Crippen LogP contribution in [0.2, 0.25) is 0 Å². The summed E-state index contributed by atoms with van der Waals surface area (Å²) in [5, 5.41) is 0. The van der Waals surface area contributed by atoms with Gasteiger partial charge in [-0.3, -0.25) is 0 Å². The van der Waals surface area contributed by atoms with Gasteiger partial charge in [0.1, 0.15) is 12.7 Å². The minimum atomic E-state index is 0.204. The second-order valence-corrected chi connectivity index (χ2v) is 3.80. The van der Waals surface area contributed by atoms with Crippen molar-refractivity contribution in [3.8, 4) is 11.5 Å². The molecule has 0 aliphatic carbocycles. The zero-order valence-corrected chi connectivity index (χ0v) is 8.69. The van der Waals surface area contributed by atoms with E-state index in [0.29, 0.717) is 12.5 Å². The van der Waals surface area contributed by atoms with Crippen LogP contribution in [-0.2, 0) is 0 Å². The van der Waals surface area contributed by atoms with E-state index in [1.807, 2.05) is 24.3 Å². The first-order valence-electron chi connectivity index (χ1n) is 5.19. The van der Waals surface area contributed by atoms with Gasteiger partial charge in [-0.15, -0.1) is 0 Å². The first-order chi connectivity index (χ1) is 6.81. The third kappa shape index (κ3) is 1.69. The van der Waals surface area contributed by atoms with Crippen LogP contribution in [0.5, 0.6) is 11.5 Å². The first-order valence-corrected chi connectivity index (χ1v) is 5.19. The molecule has 76 valence electrons. The van der Waals surface area contributed by atoms with Crippen molar-refractivity contribution in [2.24, 2.45) is 5.92 Å². The second-order valence-electron chi connectivity index (χ2n) is 3.80. The number of rotatable bonds is 2. The van der Waals surface area contributed by atoms with Gasteiger partial charge in [-0.2, -0.15) is 0 Å². The average Bonchev–Trinajstić information content (AvgIpc) is 2.27. The van der Waals surface area contributed by atoms with Gasteiger partial charge in [0, 0.05) is 0 Å². The standard InChI is InChI=1S/C12H16O2/c1-3-9(2)12-8-13-10-6-4-5-7-11(10)14-12/h4-7,9,12H,3,8H2,1-2H3. The minimum Gasteiger partial charge on any atom is -0.486 e. The molecule has 1 aliphatic rings. The third-order valence-corrected chi connectivity index (χ3v) is 2.81. The minimum absolute atomic E-state index is 0.204. The summed E-state index contributed by atoms with van der Waals surface area (Å²) in [7, 11) is 0. The molecule has 2 heteroatoms. The van der Waals surface area contributed by atoms with Crippen molar-refractivity contribution in [1.82, 2.24) is 0 Å². The summed E-state index contributed by atoms with van der Waals surface area (Å²) in [4.78, 5) is 0. The molecule has 0 radical (unpaired) electrons. The Labute approximate surface area is 84.8 Å². The summed E-state index contributed by atoms with van der Waals surface area (Å²) in [6.45, 7) is 5.04. The fraction of sp³-hybridized carbons (Fsp3) is 0.500. The van der Waals surface area contributed by atoms with Crippen LogP contribution in [0.15, 0.2) is 24.3 Å². The summed E-state index contributed by atoms with van der Waals surface area (Å²) < 4.78 is 11.5. The van der Waals surface area contributed by atoms with E-state index in [-0.39, 0.29) is 6.10 Å². The van der Waals surface area contributed by atoms with Gasteiger partial charge in [0.05, 0.1) is 0 Å². The lowest BCUT2D eigenvalue weighted by Gasteiger charge is -2.29. The average molecular weight is 192 g/mol. The molecule has 2 rings (SSSR count). The van der Waals surface area contributed by atoms with E-state index in [0.717, 1.165) is 17.9 Å². The molecule has 0 fully saturated rings. The van der Waals surface area contributed by atoms with E-state index in [1.165, 1.54) is 0 Å². The molecule has 0 spiro atoms. The van der Waals surface area contributed by atoms with Crippen LogP contribution in [0.3, 0.4) is 0 Å². The molecule has 2 nitrogen and oxygen atoms in total. The van der Waals surface area contributed by atoms with E-state index in [4.69, 9.17) is 9.47 Å². The lowest BCUT2D eigenvalue weighted by molar-refractivity contribution is 0.0522. The van der Waals surface area contributed by atoms with E-state index in [9.17, 15) is 0 Å². The molecule has 2 atom stereocenters. The zero-order valence-electron chi connectivity index (χ0n) is 8.69. The summed E-state index contributed by atoms with van der Waals surface area (Å²) in [5.74, 6) is 2.29. The van der Waals surface area contributed by atoms with E-state index < -0.39 is 0 Å². The van der Waals surface area contributed by atoms with Crippen molar-refractivity contribution in [2.45, 2.75) is 26.4 Å². The predicted octanol–water partition coefficient (Wildman–Crippen LogP) is 2.87. The number of fused-ring (bicyclic) bond motifs is 1. The molecule has 0 saturated heterocycles. The fourth-order valence-corrected chi connectivity index (χ4v) is 1.58. The van der Waals surface area contributed by atoms with Gasteiger partial charge in [0.2, 0.25) is 0 Å². The number of benzene rings is 1. The van der Waals surface area contributed by atoms with Gasteiger partial charge in [0.15, 0.2) is 11.5 Å². The molecule has 0 N–H and O–H groups in total. The third-order valence-electron chi connectivity index (χ3n) is 2.81. The Balaban J connectivity index is 2.13. The second kappa shape index (κ2) is 3.91. The fourth-order valence-electron chi connectivity index (χ4n) is 1.58. The molecule has 1 aromatic carbocycles. The number of hydrogen-bond donors (Lipinski definition) is 0. The molecular weight excluding hydrogens is 176 g/mol. The van der Waals surface area contributed by atoms with Crippen LogP contribution >= 0.6 is 0 Å². The quantitative estimate of drug-likeness (QED) is 0.717. The molecule has 0 amide bonds. The van der Waals surface area contributed by atoms with Crippen molar-refractivity contribution >= 4 is 0 Å². The van der Waals surface area contributed by atoms with Crippen LogP contribution in [0.4, 0.5) is 0 Å². The molecule has 1 heterocycles. The Hall–Kier alpha value is -1.18. The van der Waals surface area contributed by atoms with Crippen LogP contribution in [0.1, 0.15) is 20.3 Å². The van der Waals surface area contributed by atoms with Gasteiger partial charge in [-0.05, 0) is 24.5 Å². The summed E-state index contributed by atoms with van der Waals surface area (Å²) >= 11 is 0. The highest BCUT2D eigenvalue weighted by atomic mass is 16.6. The number of para-hydroxylation sites is 2. The normalized spacial score (nSPS) is 21.7. The SMILES string of the molecule is CCC(C)C1COc2ccccc2O1. The highest BCUT2D eigenvalue weighted by Gasteiger charge is 2.24. The Morgan fingerprint density at radius 2 is 2.07 bits per heavy atom. The summed E-state index contributed by atoms with van der Waals surface area (Å²) in [6.07, 6.45) is 1.32. The summed E-state index contributed by atoms with van der Waals surface area (Å²) in [6, 6.07) is 7.85. The first kappa shape index (κ1) is 9.38. The van der Waals surface area contributed by atoms with Gasteiger partial charge in [-0.25, -0.2) is 0 Å². The topological polar surface area (TPSA) is 18.5 Å². The Morgan fingerprint density at radius 1 is 1.36 bits per heavy atom. The largest absolute Gasteiger partial charge is 0.486 e. The highest BCUT2D eigenvalue weighted by molar-refractivity contribution is 5.40. The van der Waals surface area contributed by atoms with Crippen molar-refractivity contribution in [2.75, 3.05) is 6.61 Å². The molecule has 14 heavy (non-hydrogen) atoms. The maximum atomic E-state index is 5.86. The number of hydrogen-bond acceptors (Lipinski definition) is 2. The monoisotopic (exact) mass is 192 g/mol. The maximum absolute atomic E-state index is 5.86. The van der Waals surface area contributed by atoms with Gasteiger partial charge >= 0.3 is 0 Å². The van der Waals surface area contributed by atoms with Crippen LogP contribution < -0.4 is 9.47 Å². The van der Waals surface area contributed by atoms with Crippen molar-refractivity contribution in [3.63, 3.8) is 0 Å². The van der Waals surface area contributed by atoms with E-state index in [1.54, 1.807) is 0 Å². The molecule has 2 unspecified atom stereocenters. The lowest BCUT2D eigenvalue weighted by Crippen LogP contribution is -2.34. The molecule has 1 aromatic rings. The van der Waals surface area contributed by atoms with Crippen molar-refractivity contribution in [3.05, 3.63) is 24.3 Å². The molecule has 0 saturated carbocycles. The molecular formula is C12H16O2. The number of ether oxygens (including phenoxy) is 2. The van der Waals surface area contributed by atoms with Gasteiger partial charge in [-0.1, -0.05) is 26.0 Å². The van der Waals surface area contributed by atoms with Crippen LogP contribution in [0.25, 0.3) is 0 Å². The highest BCUT2D eigenvalue weighted by Crippen LogP contribution is 2.32. The van der Waals surface area contributed by atoms with Crippen LogP contribution in [-0.4, -0.2) is 12.7 Å². The van der Waals surface area contributed by atoms with E-state index in [2.05, 4.69) is 13.8 Å². The Kier molecular flexibility index (Phi) is 2.62.